The van der Waals surface area contributed by atoms with Crippen molar-refractivity contribution in [1.82, 2.24) is 4.98 Å². The van der Waals surface area contributed by atoms with Crippen LogP contribution in [0.25, 0.3) is 15.6 Å². The SMILES string of the molecule is [C-]#[N+]c1cccc(S(=O)(=O)Nc2ccc3c(OC)nccc3c2)c1. The van der Waals surface area contributed by atoms with Crippen molar-refractivity contribution in [3.63, 3.8) is 0 Å². The number of hydrogen-bond donors (Lipinski definition) is 1. The Labute approximate surface area is 139 Å². The van der Waals surface area contributed by atoms with E-state index in [-0.39, 0.29) is 10.6 Å². The van der Waals surface area contributed by atoms with Crippen LogP contribution < -0.4 is 9.46 Å². The number of aromatic nitrogens is 1. The van der Waals surface area contributed by atoms with Gasteiger partial charge in [0.05, 0.1) is 18.6 Å². The van der Waals surface area contributed by atoms with E-state index in [0.29, 0.717) is 11.6 Å². The van der Waals surface area contributed by atoms with E-state index >= 15 is 0 Å². The average molecular weight is 339 g/mol. The molecule has 120 valence electrons. The van der Waals surface area contributed by atoms with Crippen molar-refractivity contribution in [2.75, 3.05) is 11.8 Å². The number of fused-ring (bicyclic) bond motifs is 1. The Kier molecular flexibility index (Phi) is 4.06. The lowest BCUT2D eigenvalue weighted by molar-refractivity contribution is 0.403. The summed E-state index contributed by atoms with van der Waals surface area (Å²) in [5.41, 5.74) is 0.691. The van der Waals surface area contributed by atoms with Gasteiger partial charge < -0.3 is 4.74 Å². The Hall–Kier alpha value is -3.11. The van der Waals surface area contributed by atoms with Crippen molar-refractivity contribution in [2.24, 2.45) is 0 Å². The van der Waals surface area contributed by atoms with Crippen molar-refractivity contribution in [2.45, 2.75) is 4.90 Å². The Morgan fingerprint density at radius 2 is 2.00 bits per heavy atom. The molecule has 24 heavy (non-hydrogen) atoms. The number of sulfonamides is 1. The molecule has 3 aromatic rings. The molecule has 0 saturated heterocycles. The van der Waals surface area contributed by atoms with Crippen LogP contribution in [0.1, 0.15) is 0 Å². The van der Waals surface area contributed by atoms with Crippen molar-refractivity contribution >= 4 is 32.2 Å². The van der Waals surface area contributed by atoms with Crippen molar-refractivity contribution in [3.8, 4) is 5.88 Å². The van der Waals surface area contributed by atoms with Crippen molar-refractivity contribution in [1.29, 1.82) is 0 Å². The number of nitrogens with zero attached hydrogens (tertiary/aromatic N) is 2. The lowest BCUT2D eigenvalue weighted by Gasteiger charge is -2.10. The second-order valence-corrected chi connectivity index (χ2v) is 6.65. The van der Waals surface area contributed by atoms with Gasteiger partial charge in [0.15, 0.2) is 5.69 Å². The van der Waals surface area contributed by atoms with Crippen LogP contribution in [0.4, 0.5) is 11.4 Å². The first-order chi connectivity index (χ1) is 11.5. The smallest absolute Gasteiger partial charge is 0.260 e. The van der Waals surface area contributed by atoms with Crippen LogP contribution in [0.15, 0.2) is 59.6 Å². The Morgan fingerprint density at radius 1 is 1.17 bits per heavy atom. The zero-order valence-electron chi connectivity index (χ0n) is 12.7. The van der Waals surface area contributed by atoms with Gasteiger partial charge in [-0.1, -0.05) is 12.1 Å². The summed E-state index contributed by atoms with van der Waals surface area (Å²) < 4.78 is 32.7. The number of anilines is 1. The molecule has 0 aliphatic carbocycles. The van der Waals surface area contributed by atoms with Gasteiger partial charge in [0.2, 0.25) is 5.88 Å². The number of pyridine rings is 1. The van der Waals surface area contributed by atoms with Crippen LogP contribution >= 0.6 is 0 Å². The maximum Gasteiger partial charge on any atom is 0.260 e. The summed E-state index contributed by atoms with van der Waals surface area (Å²) >= 11 is 0. The third-order valence-electron chi connectivity index (χ3n) is 3.43. The highest BCUT2D eigenvalue weighted by atomic mass is 32.2. The molecular formula is C17H13N3O3S. The topological polar surface area (TPSA) is 72.7 Å². The molecule has 0 unspecified atom stereocenters. The lowest BCUT2D eigenvalue weighted by Crippen LogP contribution is -2.12. The van der Waals surface area contributed by atoms with Crippen LogP contribution in [-0.2, 0) is 10.0 Å². The molecule has 1 N–H and O–H groups in total. The summed E-state index contributed by atoms with van der Waals surface area (Å²) in [6, 6.07) is 12.7. The normalized spacial score (nSPS) is 11.0. The molecule has 1 aromatic heterocycles. The summed E-state index contributed by atoms with van der Waals surface area (Å²) in [6.45, 7) is 6.99. The first-order valence-electron chi connectivity index (χ1n) is 6.96. The van der Waals surface area contributed by atoms with E-state index in [9.17, 15) is 8.42 Å². The van der Waals surface area contributed by atoms with Gasteiger partial charge >= 0.3 is 0 Å². The molecule has 0 radical (unpaired) electrons. The second kappa shape index (κ2) is 6.18. The second-order valence-electron chi connectivity index (χ2n) is 4.97. The first-order valence-corrected chi connectivity index (χ1v) is 8.45. The highest BCUT2D eigenvalue weighted by molar-refractivity contribution is 7.92. The number of methoxy groups -OCH3 is 1. The highest BCUT2D eigenvalue weighted by Crippen LogP contribution is 2.27. The largest absolute Gasteiger partial charge is 0.481 e. The molecule has 0 aliphatic heterocycles. The van der Waals surface area contributed by atoms with Crippen LogP contribution in [0.3, 0.4) is 0 Å². The van der Waals surface area contributed by atoms with Gasteiger partial charge in [-0.05, 0) is 41.8 Å². The summed E-state index contributed by atoms with van der Waals surface area (Å²) in [5.74, 6) is 0.478. The Morgan fingerprint density at radius 3 is 2.75 bits per heavy atom. The molecule has 0 spiro atoms. The molecule has 2 aromatic carbocycles. The highest BCUT2D eigenvalue weighted by Gasteiger charge is 2.15. The zero-order chi connectivity index (χ0) is 17.2. The van der Waals surface area contributed by atoms with Crippen LogP contribution in [0, 0.1) is 6.57 Å². The van der Waals surface area contributed by atoms with Gasteiger partial charge in [-0.2, -0.15) is 0 Å². The minimum absolute atomic E-state index is 0.0448. The van der Waals surface area contributed by atoms with Gasteiger partial charge in [-0.25, -0.2) is 18.2 Å². The van der Waals surface area contributed by atoms with E-state index in [2.05, 4.69) is 14.6 Å². The molecule has 0 atom stereocenters. The van der Waals surface area contributed by atoms with Crippen LogP contribution in [-0.4, -0.2) is 20.5 Å². The predicted molar refractivity (Wildman–Crippen MR) is 91.8 cm³/mol. The van der Waals surface area contributed by atoms with E-state index in [4.69, 9.17) is 11.3 Å². The molecule has 0 amide bonds. The van der Waals surface area contributed by atoms with Gasteiger partial charge in [-0.3, -0.25) is 4.72 Å². The summed E-state index contributed by atoms with van der Waals surface area (Å²) in [5, 5.41) is 1.59. The minimum Gasteiger partial charge on any atom is -0.481 e. The van der Waals surface area contributed by atoms with Crippen molar-refractivity contribution < 1.29 is 13.2 Å². The summed E-state index contributed by atoms with van der Waals surface area (Å²) in [4.78, 5) is 7.40. The van der Waals surface area contributed by atoms with E-state index in [1.807, 2.05) is 0 Å². The fraction of sp³-hybridized carbons (Fsp3) is 0.0588. The van der Waals surface area contributed by atoms with Gasteiger partial charge in [0, 0.05) is 17.3 Å². The number of rotatable bonds is 4. The third kappa shape index (κ3) is 3.00. The summed E-state index contributed by atoms with van der Waals surface area (Å²) in [7, 11) is -2.24. The molecule has 6 nitrogen and oxygen atoms in total. The fourth-order valence-electron chi connectivity index (χ4n) is 2.31. The molecular weight excluding hydrogens is 326 g/mol. The minimum atomic E-state index is -3.77. The van der Waals surface area contributed by atoms with E-state index in [1.54, 1.807) is 42.6 Å². The van der Waals surface area contributed by atoms with Crippen LogP contribution in [0.5, 0.6) is 5.88 Å². The summed E-state index contributed by atoms with van der Waals surface area (Å²) in [6.07, 6.45) is 1.60. The van der Waals surface area contributed by atoms with E-state index in [0.717, 1.165) is 10.8 Å². The molecule has 7 heteroatoms. The Bertz CT molecular complexity index is 1060. The number of ether oxygens (including phenoxy) is 1. The maximum atomic E-state index is 12.5. The monoisotopic (exact) mass is 339 g/mol. The quantitative estimate of drug-likeness (QED) is 0.737. The molecule has 0 fully saturated rings. The third-order valence-corrected chi connectivity index (χ3v) is 4.81. The number of benzene rings is 2. The first kappa shape index (κ1) is 15.8. The lowest BCUT2D eigenvalue weighted by atomic mass is 10.1. The van der Waals surface area contributed by atoms with Crippen LogP contribution in [0.2, 0.25) is 0 Å². The fourth-order valence-corrected chi connectivity index (χ4v) is 3.40. The van der Waals surface area contributed by atoms with E-state index < -0.39 is 10.0 Å². The Balaban J connectivity index is 1.98. The molecule has 0 aliphatic rings. The zero-order valence-corrected chi connectivity index (χ0v) is 13.5. The number of hydrogen-bond acceptors (Lipinski definition) is 4. The molecule has 3 rings (SSSR count). The van der Waals surface area contributed by atoms with Gasteiger partial charge in [0.25, 0.3) is 10.0 Å². The number of nitrogens with one attached hydrogen (secondary N) is 1. The maximum absolute atomic E-state index is 12.5. The average Bonchev–Trinajstić information content (AvgIpc) is 2.60. The van der Waals surface area contributed by atoms with Gasteiger partial charge in [-0.15, -0.1) is 0 Å². The van der Waals surface area contributed by atoms with E-state index in [1.165, 1.54) is 19.2 Å². The standard InChI is InChI=1S/C17H13N3O3S/c1-18-13-4-3-5-15(11-13)24(21,22)20-14-6-7-16-12(10-14)8-9-19-17(16)23-2/h3-11,20H,2H3. The predicted octanol–water partition coefficient (Wildman–Crippen LogP) is 3.59. The van der Waals surface area contributed by atoms with Gasteiger partial charge in [0.1, 0.15) is 0 Å². The molecule has 0 bridgehead atoms. The molecule has 1 heterocycles. The molecule has 0 saturated carbocycles. The van der Waals surface area contributed by atoms with Crippen molar-refractivity contribution in [3.05, 3.63) is 66.1 Å².